The van der Waals surface area contributed by atoms with Crippen LogP contribution in [0.3, 0.4) is 0 Å². The third-order valence-electron chi connectivity index (χ3n) is 3.36. The van der Waals surface area contributed by atoms with Gasteiger partial charge >= 0.3 is 5.97 Å². The Morgan fingerprint density at radius 2 is 2.32 bits per heavy atom. The molecule has 98 valence electrons. The molecule has 0 fully saturated rings. The number of fused-ring (bicyclic) bond motifs is 1. The van der Waals surface area contributed by atoms with Gasteiger partial charge in [-0.25, -0.2) is 9.78 Å². The molecular weight excluding hydrogens is 242 g/mol. The highest BCUT2D eigenvalue weighted by Crippen LogP contribution is 2.25. The van der Waals surface area contributed by atoms with E-state index in [1.54, 1.807) is 0 Å². The number of aromatic carboxylic acids is 1. The molecule has 3 rings (SSSR count). The quantitative estimate of drug-likeness (QED) is 0.858. The van der Waals surface area contributed by atoms with Gasteiger partial charge in [-0.05, 0) is 13.0 Å². The standard InChI is InChI=1S/C14H15N3O2/c1-9-3-2-4-10(7-9)13-16-12(14(18)19)11-8-15-5-6-17(11)13/h2-4,7,15H,5-6,8H2,1H3,(H,18,19). The molecule has 0 aliphatic carbocycles. The first kappa shape index (κ1) is 11.9. The van der Waals surface area contributed by atoms with Crippen LogP contribution in [0.2, 0.25) is 0 Å². The summed E-state index contributed by atoms with van der Waals surface area (Å²) in [7, 11) is 0. The Hall–Kier alpha value is -2.14. The van der Waals surface area contributed by atoms with Gasteiger partial charge < -0.3 is 15.0 Å². The van der Waals surface area contributed by atoms with Crippen molar-refractivity contribution in [1.82, 2.24) is 14.9 Å². The lowest BCUT2D eigenvalue weighted by atomic mass is 10.1. The van der Waals surface area contributed by atoms with Crippen LogP contribution < -0.4 is 5.32 Å². The second kappa shape index (κ2) is 4.51. The molecule has 1 aliphatic rings. The second-order valence-electron chi connectivity index (χ2n) is 4.73. The molecule has 1 aromatic carbocycles. The number of imidazole rings is 1. The van der Waals surface area contributed by atoms with Crippen molar-refractivity contribution < 1.29 is 9.90 Å². The van der Waals surface area contributed by atoms with Crippen LogP contribution in [0.25, 0.3) is 11.4 Å². The molecule has 2 heterocycles. The summed E-state index contributed by atoms with van der Waals surface area (Å²) in [5.74, 6) is -0.219. The third-order valence-corrected chi connectivity index (χ3v) is 3.36. The molecule has 0 radical (unpaired) electrons. The molecule has 2 aromatic rings. The Morgan fingerprint density at radius 3 is 3.05 bits per heavy atom. The monoisotopic (exact) mass is 257 g/mol. The fourth-order valence-corrected chi connectivity index (χ4v) is 2.48. The van der Waals surface area contributed by atoms with Gasteiger partial charge in [0.2, 0.25) is 0 Å². The summed E-state index contributed by atoms with van der Waals surface area (Å²) in [4.78, 5) is 15.6. The van der Waals surface area contributed by atoms with Crippen LogP contribution in [0.1, 0.15) is 21.7 Å². The fraction of sp³-hybridized carbons (Fsp3) is 0.286. The summed E-state index contributed by atoms with van der Waals surface area (Å²) in [6.45, 7) is 4.16. The SMILES string of the molecule is Cc1cccc(-c2nc(C(=O)O)c3n2CCNC3)c1. The Kier molecular flexibility index (Phi) is 2.83. The summed E-state index contributed by atoms with van der Waals surface area (Å²) in [6, 6.07) is 7.98. The zero-order valence-electron chi connectivity index (χ0n) is 10.7. The Labute approximate surface area is 110 Å². The lowest BCUT2D eigenvalue weighted by molar-refractivity contribution is 0.0689. The Bertz CT molecular complexity index is 646. The number of hydrogen-bond acceptors (Lipinski definition) is 3. The summed E-state index contributed by atoms with van der Waals surface area (Å²) in [5, 5.41) is 12.4. The molecule has 0 bridgehead atoms. The van der Waals surface area contributed by atoms with Gasteiger partial charge in [-0.3, -0.25) is 0 Å². The Morgan fingerprint density at radius 1 is 1.47 bits per heavy atom. The highest BCUT2D eigenvalue weighted by atomic mass is 16.4. The predicted molar refractivity (Wildman–Crippen MR) is 71.1 cm³/mol. The average Bonchev–Trinajstić information content (AvgIpc) is 2.78. The maximum Gasteiger partial charge on any atom is 0.356 e. The van der Waals surface area contributed by atoms with Crippen molar-refractivity contribution in [3.8, 4) is 11.4 Å². The zero-order chi connectivity index (χ0) is 13.4. The number of aryl methyl sites for hydroxylation is 1. The summed E-state index contributed by atoms with van der Waals surface area (Å²) >= 11 is 0. The number of carboxylic acids is 1. The van der Waals surface area contributed by atoms with Crippen molar-refractivity contribution in [2.75, 3.05) is 6.54 Å². The van der Waals surface area contributed by atoms with Gasteiger partial charge in [-0.2, -0.15) is 0 Å². The van der Waals surface area contributed by atoms with Crippen molar-refractivity contribution in [3.63, 3.8) is 0 Å². The maximum atomic E-state index is 11.3. The van der Waals surface area contributed by atoms with E-state index in [0.29, 0.717) is 6.54 Å². The molecule has 5 heteroatoms. The van der Waals surface area contributed by atoms with E-state index >= 15 is 0 Å². The van der Waals surface area contributed by atoms with E-state index in [1.807, 2.05) is 35.8 Å². The van der Waals surface area contributed by atoms with Crippen LogP contribution in [-0.4, -0.2) is 27.2 Å². The van der Waals surface area contributed by atoms with Gasteiger partial charge in [0.15, 0.2) is 5.69 Å². The summed E-state index contributed by atoms with van der Waals surface area (Å²) in [5.41, 5.74) is 3.02. The van der Waals surface area contributed by atoms with E-state index in [0.717, 1.165) is 35.7 Å². The molecule has 1 aliphatic heterocycles. The summed E-state index contributed by atoms with van der Waals surface area (Å²) < 4.78 is 2.01. The van der Waals surface area contributed by atoms with E-state index in [-0.39, 0.29) is 5.69 Å². The second-order valence-corrected chi connectivity index (χ2v) is 4.73. The van der Waals surface area contributed by atoms with E-state index < -0.39 is 5.97 Å². The van der Waals surface area contributed by atoms with E-state index in [1.165, 1.54) is 0 Å². The van der Waals surface area contributed by atoms with Crippen LogP contribution in [-0.2, 0) is 13.1 Å². The lowest BCUT2D eigenvalue weighted by Gasteiger charge is -2.18. The number of carboxylic acid groups (broad SMARTS) is 1. The number of nitrogens with one attached hydrogen (secondary N) is 1. The minimum atomic E-state index is -0.966. The summed E-state index contributed by atoms with van der Waals surface area (Å²) in [6.07, 6.45) is 0. The molecule has 0 saturated carbocycles. The van der Waals surface area contributed by atoms with Crippen molar-refractivity contribution >= 4 is 5.97 Å². The normalized spacial score (nSPS) is 14.2. The number of aromatic nitrogens is 2. The molecule has 0 atom stereocenters. The van der Waals surface area contributed by atoms with Crippen molar-refractivity contribution in [2.24, 2.45) is 0 Å². The van der Waals surface area contributed by atoms with Gasteiger partial charge in [0, 0.05) is 25.2 Å². The minimum absolute atomic E-state index is 0.156. The Balaban J connectivity index is 2.19. The largest absolute Gasteiger partial charge is 0.476 e. The molecule has 0 saturated heterocycles. The topological polar surface area (TPSA) is 67.1 Å². The number of nitrogens with zero attached hydrogens (tertiary/aromatic N) is 2. The first-order chi connectivity index (χ1) is 9.16. The molecule has 19 heavy (non-hydrogen) atoms. The first-order valence-electron chi connectivity index (χ1n) is 6.27. The number of rotatable bonds is 2. The maximum absolute atomic E-state index is 11.3. The van der Waals surface area contributed by atoms with Crippen molar-refractivity contribution in [2.45, 2.75) is 20.0 Å². The minimum Gasteiger partial charge on any atom is -0.476 e. The van der Waals surface area contributed by atoms with Gasteiger partial charge in [-0.15, -0.1) is 0 Å². The van der Waals surface area contributed by atoms with Gasteiger partial charge in [-0.1, -0.05) is 23.8 Å². The van der Waals surface area contributed by atoms with Crippen molar-refractivity contribution in [1.29, 1.82) is 0 Å². The van der Waals surface area contributed by atoms with Crippen LogP contribution >= 0.6 is 0 Å². The molecule has 5 nitrogen and oxygen atoms in total. The molecular formula is C14H15N3O2. The van der Waals surface area contributed by atoms with Gasteiger partial charge in [0.05, 0.1) is 5.69 Å². The van der Waals surface area contributed by atoms with Crippen LogP contribution in [0, 0.1) is 6.92 Å². The van der Waals surface area contributed by atoms with Gasteiger partial charge in [0.1, 0.15) is 5.82 Å². The van der Waals surface area contributed by atoms with E-state index in [2.05, 4.69) is 10.3 Å². The van der Waals surface area contributed by atoms with Crippen LogP contribution in [0.4, 0.5) is 0 Å². The molecule has 1 aromatic heterocycles. The molecule has 2 N–H and O–H groups in total. The third kappa shape index (κ3) is 2.02. The van der Waals surface area contributed by atoms with Crippen LogP contribution in [0.5, 0.6) is 0 Å². The first-order valence-corrected chi connectivity index (χ1v) is 6.27. The zero-order valence-corrected chi connectivity index (χ0v) is 10.7. The number of hydrogen-bond donors (Lipinski definition) is 2. The smallest absolute Gasteiger partial charge is 0.356 e. The van der Waals surface area contributed by atoms with E-state index in [9.17, 15) is 9.90 Å². The number of benzene rings is 1. The fourth-order valence-electron chi connectivity index (χ4n) is 2.48. The highest BCUT2D eigenvalue weighted by molar-refractivity contribution is 5.88. The highest BCUT2D eigenvalue weighted by Gasteiger charge is 2.24. The number of carbonyl (C=O) groups is 1. The lowest BCUT2D eigenvalue weighted by Crippen LogP contribution is -2.29. The van der Waals surface area contributed by atoms with Crippen molar-refractivity contribution in [3.05, 3.63) is 41.2 Å². The van der Waals surface area contributed by atoms with E-state index in [4.69, 9.17) is 0 Å². The predicted octanol–water partition coefficient (Wildman–Crippen LogP) is 1.66. The molecule has 0 spiro atoms. The van der Waals surface area contributed by atoms with Crippen LogP contribution in [0.15, 0.2) is 24.3 Å². The average molecular weight is 257 g/mol. The molecule has 0 amide bonds. The van der Waals surface area contributed by atoms with Gasteiger partial charge in [0.25, 0.3) is 0 Å². The molecule has 0 unspecified atom stereocenters.